The van der Waals surface area contributed by atoms with Gasteiger partial charge in [-0.2, -0.15) is 5.10 Å². The Morgan fingerprint density at radius 2 is 2.14 bits per heavy atom. The van der Waals surface area contributed by atoms with E-state index in [1.165, 1.54) is 23.0 Å². The molecule has 1 N–H and O–H groups in total. The molecule has 146 valence electrons. The molecule has 3 aliphatic rings. The number of aromatic nitrogens is 4. The first-order valence-electron chi connectivity index (χ1n) is 9.03. The van der Waals surface area contributed by atoms with Crippen molar-refractivity contribution >= 4 is 17.2 Å². The molecule has 9 heteroatoms. The molecule has 28 heavy (non-hydrogen) atoms. The van der Waals surface area contributed by atoms with Crippen LogP contribution in [0.15, 0.2) is 30.7 Å². The summed E-state index contributed by atoms with van der Waals surface area (Å²) in [5.74, 6) is -0.542. The molecule has 2 bridgehead atoms. The first-order chi connectivity index (χ1) is 13.3. The van der Waals surface area contributed by atoms with Crippen LogP contribution in [-0.2, 0) is 17.2 Å². The molecule has 6 rings (SSSR count). The number of alkyl halides is 2. The summed E-state index contributed by atoms with van der Waals surface area (Å²) in [6.45, 7) is 2.67. The van der Waals surface area contributed by atoms with Crippen LogP contribution >= 0.6 is 0 Å². The number of anilines is 1. The molecule has 1 amide bonds. The number of aryl methyl sites for hydroxylation is 1. The number of ether oxygens (including phenoxy) is 1. The van der Waals surface area contributed by atoms with Crippen LogP contribution in [0.1, 0.15) is 47.9 Å². The maximum Gasteiger partial charge on any atom is 0.276 e. The van der Waals surface area contributed by atoms with E-state index in [2.05, 4.69) is 22.3 Å². The SMILES string of the molecule is Cn1ccc(C(=O)Nc2cn3cc(C45COC(C)(C4)C5)nc3cc2C(F)F)n1. The van der Waals surface area contributed by atoms with Crippen molar-refractivity contribution in [3.8, 4) is 0 Å². The predicted molar refractivity (Wildman–Crippen MR) is 96.6 cm³/mol. The van der Waals surface area contributed by atoms with Crippen molar-refractivity contribution in [1.82, 2.24) is 19.2 Å². The predicted octanol–water partition coefficient (Wildman–Crippen LogP) is 3.08. The van der Waals surface area contributed by atoms with Crippen molar-refractivity contribution in [1.29, 1.82) is 0 Å². The Balaban J connectivity index is 1.51. The third kappa shape index (κ3) is 2.53. The highest BCUT2D eigenvalue weighted by Crippen LogP contribution is 2.58. The van der Waals surface area contributed by atoms with E-state index in [1.54, 1.807) is 17.6 Å². The van der Waals surface area contributed by atoms with Gasteiger partial charge in [-0.25, -0.2) is 13.8 Å². The van der Waals surface area contributed by atoms with Gasteiger partial charge in [0.1, 0.15) is 5.65 Å². The van der Waals surface area contributed by atoms with Crippen molar-refractivity contribution in [2.45, 2.75) is 37.2 Å². The second-order valence-corrected chi connectivity index (χ2v) is 8.04. The van der Waals surface area contributed by atoms with Crippen LogP contribution in [0.4, 0.5) is 14.5 Å². The first-order valence-corrected chi connectivity index (χ1v) is 9.03. The zero-order valence-electron chi connectivity index (χ0n) is 15.4. The quantitative estimate of drug-likeness (QED) is 0.747. The molecular weight excluding hydrogens is 368 g/mol. The smallest absolute Gasteiger partial charge is 0.276 e. The zero-order valence-corrected chi connectivity index (χ0v) is 15.4. The van der Waals surface area contributed by atoms with Gasteiger partial charge < -0.3 is 14.5 Å². The monoisotopic (exact) mass is 387 g/mol. The highest BCUT2D eigenvalue weighted by Gasteiger charge is 2.61. The summed E-state index contributed by atoms with van der Waals surface area (Å²) in [6, 6.07) is 2.85. The Morgan fingerprint density at radius 3 is 2.75 bits per heavy atom. The molecule has 1 saturated carbocycles. The number of hydrogen-bond acceptors (Lipinski definition) is 4. The lowest BCUT2D eigenvalue weighted by atomic mass is 9.62. The molecule has 5 heterocycles. The van der Waals surface area contributed by atoms with Gasteiger partial charge in [0.15, 0.2) is 5.69 Å². The Labute approximate surface area is 159 Å². The molecule has 0 spiro atoms. The topological polar surface area (TPSA) is 73.5 Å². The molecule has 0 aromatic carbocycles. The summed E-state index contributed by atoms with van der Waals surface area (Å²) >= 11 is 0. The molecule has 3 fully saturated rings. The zero-order chi connectivity index (χ0) is 19.7. The van der Waals surface area contributed by atoms with Crippen LogP contribution in [-0.4, -0.2) is 37.3 Å². The highest BCUT2D eigenvalue weighted by molar-refractivity contribution is 6.03. The first kappa shape index (κ1) is 17.3. The largest absolute Gasteiger partial charge is 0.374 e. The van der Waals surface area contributed by atoms with Crippen molar-refractivity contribution in [3.05, 3.63) is 47.7 Å². The molecular formula is C19H19F2N5O2. The summed E-state index contributed by atoms with van der Waals surface area (Å²) in [5, 5.41) is 6.55. The Morgan fingerprint density at radius 1 is 1.36 bits per heavy atom. The number of pyridine rings is 1. The maximum atomic E-state index is 13.6. The molecule has 3 aromatic rings. The number of carbonyl (C=O) groups is 1. The number of hydrogen-bond donors (Lipinski definition) is 1. The molecule has 0 radical (unpaired) electrons. The number of carbonyl (C=O) groups excluding carboxylic acids is 1. The van der Waals surface area contributed by atoms with E-state index >= 15 is 0 Å². The fraction of sp³-hybridized carbons (Fsp3) is 0.421. The summed E-state index contributed by atoms with van der Waals surface area (Å²) in [7, 11) is 1.68. The average molecular weight is 387 g/mol. The summed E-state index contributed by atoms with van der Waals surface area (Å²) in [6.07, 6.45) is 3.96. The average Bonchev–Trinajstić information content (AvgIpc) is 3.35. The van der Waals surface area contributed by atoms with Crippen LogP contribution in [0.2, 0.25) is 0 Å². The lowest BCUT2D eigenvalue weighted by molar-refractivity contribution is 0.0154. The lowest BCUT2D eigenvalue weighted by Crippen LogP contribution is -2.45. The normalized spacial score (nSPS) is 26.0. The van der Waals surface area contributed by atoms with Gasteiger partial charge >= 0.3 is 0 Å². The van der Waals surface area contributed by atoms with Crippen molar-refractivity contribution in [2.75, 3.05) is 11.9 Å². The Kier molecular flexibility index (Phi) is 3.46. The molecule has 2 aliphatic heterocycles. The van der Waals surface area contributed by atoms with Gasteiger partial charge in [-0.05, 0) is 31.9 Å². The third-order valence-electron chi connectivity index (χ3n) is 5.72. The summed E-state index contributed by atoms with van der Waals surface area (Å²) in [5.41, 5.74) is 0.972. The van der Waals surface area contributed by atoms with Crippen LogP contribution in [0.25, 0.3) is 5.65 Å². The third-order valence-corrected chi connectivity index (χ3v) is 5.72. The molecule has 7 nitrogen and oxygen atoms in total. The van der Waals surface area contributed by atoms with E-state index in [1.807, 2.05) is 6.20 Å². The number of halogens is 2. The van der Waals surface area contributed by atoms with E-state index in [-0.39, 0.29) is 28.0 Å². The minimum Gasteiger partial charge on any atom is -0.374 e. The number of imidazole rings is 1. The minimum atomic E-state index is -2.75. The van der Waals surface area contributed by atoms with Crippen LogP contribution in [0.5, 0.6) is 0 Å². The van der Waals surface area contributed by atoms with Crippen molar-refractivity contribution < 1.29 is 18.3 Å². The Hall–Kier alpha value is -2.81. The van der Waals surface area contributed by atoms with Gasteiger partial charge in [0.2, 0.25) is 0 Å². The molecule has 1 aliphatic carbocycles. The molecule has 0 atom stereocenters. The van der Waals surface area contributed by atoms with Crippen LogP contribution in [0, 0.1) is 0 Å². The van der Waals surface area contributed by atoms with Gasteiger partial charge in [0.25, 0.3) is 12.3 Å². The minimum absolute atomic E-state index is 0.0423. The van der Waals surface area contributed by atoms with Gasteiger partial charge in [0, 0.05) is 36.6 Å². The van der Waals surface area contributed by atoms with Gasteiger partial charge in [-0.3, -0.25) is 9.48 Å². The second-order valence-electron chi connectivity index (χ2n) is 8.04. The fourth-order valence-corrected chi connectivity index (χ4v) is 4.46. The van der Waals surface area contributed by atoms with Gasteiger partial charge in [0.05, 0.1) is 23.6 Å². The van der Waals surface area contributed by atoms with E-state index in [0.717, 1.165) is 18.5 Å². The van der Waals surface area contributed by atoms with Crippen LogP contribution < -0.4 is 5.32 Å². The number of nitrogens with zero attached hydrogens (tertiary/aromatic N) is 4. The highest BCUT2D eigenvalue weighted by atomic mass is 19.3. The maximum absolute atomic E-state index is 13.6. The molecule has 2 saturated heterocycles. The van der Waals surface area contributed by atoms with E-state index in [0.29, 0.717) is 12.3 Å². The van der Waals surface area contributed by atoms with E-state index in [4.69, 9.17) is 4.74 Å². The second kappa shape index (κ2) is 5.60. The van der Waals surface area contributed by atoms with E-state index in [9.17, 15) is 13.6 Å². The standard InChI is InChI=1S/C19H19F2N5O2/c1-18-8-19(9-18,10-28-18)14-7-26-6-13(11(16(20)21)5-15(26)23-14)22-17(27)12-3-4-25(2)24-12/h3-7,16H,8-10H2,1-2H3,(H,22,27). The fourth-order valence-electron chi connectivity index (χ4n) is 4.46. The lowest BCUT2D eigenvalue weighted by Gasteiger charge is -2.41. The van der Waals surface area contributed by atoms with Crippen molar-refractivity contribution in [3.63, 3.8) is 0 Å². The van der Waals surface area contributed by atoms with Gasteiger partial charge in [-0.15, -0.1) is 0 Å². The van der Waals surface area contributed by atoms with Crippen LogP contribution in [0.3, 0.4) is 0 Å². The number of amides is 1. The number of nitrogens with one attached hydrogen (secondary N) is 1. The van der Waals surface area contributed by atoms with Crippen molar-refractivity contribution in [2.24, 2.45) is 7.05 Å². The molecule has 3 aromatic heterocycles. The number of rotatable bonds is 4. The van der Waals surface area contributed by atoms with Gasteiger partial charge in [-0.1, -0.05) is 0 Å². The summed E-state index contributed by atoms with van der Waals surface area (Å²) in [4.78, 5) is 17.0. The Bertz CT molecular complexity index is 1100. The van der Waals surface area contributed by atoms with E-state index < -0.39 is 12.3 Å². The number of fused-ring (bicyclic) bond motifs is 2. The summed E-state index contributed by atoms with van der Waals surface area (Å²) < 4.78 is 36.2. The molecule has 0 unspecified atom stereocenters.